The number of ether oxygens (including phenoxy) is 2. The van der Waals surface area contributed by atoms with Crippen LogP contribution in [0.3, 0.4) is 0 Å². The van der Waals surface area contributed by atoms with Gasteiger partial charge in [0, 0.05) is 13.2 Å². The van der Waals surface area contributed by atoms with Crippen LogP contribution in [0, 0.1) is 0 Å². The number of hydrogen-bond donors (Lipinski definition) is 5. The van der Waals surface area contributed by atoms with Gasteiger partial charge in [-0.2, -0.15) is 0 Å². The average molecular weight is 280 g/mol. The first-order chi connectivity index (χ1) is 9.11. The van der Waals surface area contributed by atoms with Gasteiger partial charge >= 0.3 is 0 Å². The van der Waals surface area contributed by atoms with E-state index in [2.05, 4.69) is 0 Å². The summed E-state index contributed by atoms with van der Waals surface area (Å²) in [6, 6.07) is 0. The molecule has 1 heterocycles. The second kappa shape index (κ2) is 8.80. The molecular weight excluding hydrogens is 256 g/mol. The summed E-state index contributed by atoms with van der Waals surface area (Å²) in [6.07, 6.45) is -2.79. The maximum Gasteiger partial charge on any atom is 0.186 e. The van der Waals surface area contributed by atoms with E-state index in [1.54, 1.807) is 0 Å². The van der Waals surface area contributed by atoms with Crippen molar-refractivity contribution in [1.82, 2.24) is 0 Å². The third kappa shape index (κ3) is 4.96. The molecule has 0 amide bonds. The lowest BCUT2D eigenvalue weighted by Gasteiger charge is -2.39. The van der Waals surface area contributed by atoms with Gasteiger partial charge in [0.05, 0.1) is 6.61 Å². The number of aliphatic hydroxyl groups excluding tert-OH is 5. The summed E-state index contributed by atoms with van der Waals surface area (Å²) >= 11 is 0. The molecule has 0 aromatic carbocycles. The van der Waals surface area contributed by atoms with Crippen molar-refractivity contribution in [2.75, 3.05) is 19.8 Å². The average Bonchev–Trinajstić information content (AvgIpc) is 2.42. The Kier molecular flexibility index (Phi) is 7.77. The largest absolute Gasteiger partial charge is 0.396 e. The minimum Gasteiger partial charge on any atom is -0.396 e. The first-order valence-electron chi connectivity index (χ1n) is 6.64. The van der Waals surface area contributed by atoms with Crippen LogP contribution in [0.25, 0.3) is 0 Å². The molecule has 0 bridgehead atoms. The summed E-state index contributed by atoms with van der Waals surface area (Å²) in [5.74, 6) is 0. The summed E-state index contributed by atoms with van der Waals surface area (Å²) in [4.78, 5) is 0. The summed E-state index contributed by atoms with van der Waals surface area (Å²) in [5.41, 5.74) is 0. The van der Waals surface area contributed by atoms with Crippen LogP contribution in [0.5, 0.6) is 0 Å². The monoisotopic (exact) mass is 280 g/mol. The molecule has 1 fully saturated rings. The molecule has 0 radical (unpaired) electrons. The summed E-state index contributed by atoms with van der Waals surface area (Å²) in [5, 5.41) is 46.4. The first-order valence-corrected chi connectivity index (χ1v) is 6.64. The van der Waals surface area contributed by atoms with E-state index in [0.717, 1.165) is 25.7 Å². The van der Waals surface area contributed by atoms with E-state index in [1.807, 2.05) is 0 Å². The van der Waals surface area contributed by atoms with Crippen LogP contribution in [0.15, 0.2) is 0 Å². The molecular formula is C12H24O7. The van der Waals surface area contributed by atoms with Gasteiger partial charge < -0.3 is 35.0 Å². The third-order valence-electron chi connectivity index (χ3n) is 3.18. The van der Waals surface area contributed by atoms with E-state index in [9.17, 15) is 15.3 Å². The molecule has 0 spiro atoms. The fourth-order valence-corrected chi connectivity index (χ4v) is 1.97. The highest BCUT2D eigenvalue weighted by atomic mass is 16.7. The Bertz CT molecular complexity index is 236. The van der Waals surface area contributed by atoms with Crippen LogP contribution in [0.1, 0.15) is 25.7 Å². The lowest BCUT2D eigenvalue weighted by Crippen LogP contribution is -2.59. The van der Waals surface area contributed by atoms with Crippen molar-refractivity contribution < 1.29 is 35.0 Å². The Morgan fingerprint density at radius 2 is 1.53 bits per heavy atom. The van der Waals surface area contributed by atoms with Crippen LogP contribution < -0.4 is 0 Å². The highest BCUT2D eigenvalue weighted by molar-refractivity contribution is 4.88. The second-order valence-corrected chi connectivity index (χ2v) is 4.71. The molecule has 0 aliphatic carbocycles. The van der Waals surface area contributed by atoms with Crippen molar-refractivity contribution in [3.63, 3.8) is 0 Å². The van der Waals surface area contributed by atoms with Crippen molar-refractivity contribution in [2.24, 2.45) is 0 Å². The SMILES string of the molecule is OCCCCCCO[C@@H]1O[C@H](CO)[C@H](O)[C@H](O)[C@H]1O. The predicted octanol–water partition coefficient (Wildman–Crippen LogP) is -1.64. The van der Waals surface area contributed by atoms with Crippen molar-refractivity contribution >= 4 is 0 Å². The molecule has 114 valence electrons. The van der Waals surface area contributed by atoms with Crippen molar-refractivity contribution in [2.45, 2.75) is 56.4 Å². The van der Waals surface area contributed by atoms with E-state index in [-0.39, 0.29) is 6.61 Å². The fourth-order valence-electron chi connectivity index (χ4n) is 1.97. The molecule has 1 aliphatic heterocycles. The highest BCUT2D eigenvalue weighted by Crippen LogP contribution is 2.22. The Labute approximate surface area is 112 Å². The van der Waals surface area contributed by atoms with E-state index in [4.69, 9.17) is 19.7 Å². The molecule has 7 nitrogen and oxygen atoms in total. The van der Waals surface area contributed by atoms with Gasteiger partial charge in [0.15, 0.2) is 6.29 Å². The maximum atomic E-state index is 9.69. The Morgan fingerprint density at radius 3 is 2.16 bits per heavy atom. The van der Waals surface area contributed by atoms with Gasteiger partial charge in [0.2, 0.25) is 0 Å². The van der Waals surface area contributed by atoms with Crippen LogP contribution in [-0.2, 0) is 9.47 Å². The second-order valence-electron chi connectivity index (χ2n) is 4.71. The van der Waals surface area contributed by atoms with Gasteiger partial charge in [-0.15, -0.1) is 0 Å². The quantitative estimate of drug-likeness (QED) is 0.338. The van der Waals surface area contributed by atoms with Gasteiger partial charge in [-0.3, -0.25) is 0 Å². The maximum absolute atomic E-state index is 9.69. The van der Waals surface area contributed by atoms with Crippen LogP contribution in [-0.4, -0.2) is 76.1 Å². The Hall–Kier alpha value is -0.280. The van der Waals surface area contributed by atoms with E-state index >= 15 is 0 Å². The predicted molar refractivity (Wildman–Crippen MR) is 65.3 cm³/mol. The standard InChI is InChI=1S/C12H24O7/c13-5-3-1-2-4-6-18-12-11(17)10(16)9(15)8(7-14)19-12/h8-17H,1-7H2/t8-,9+,10+,11-,12-/m1/s1. The van der Waals surface area contributed by atoms with Gasteiger partial charge in [-0.1, -0.05) is 12.8 Å². The van der Waals surface area contributed by atoms with Gasteiger partial charge in [0.25, 0.3) is 0 Å². The molecule has 0 unspecified atom stereocenters. The van der Waals surface area contributed by atoms with Crippen LogP contribution >= 0.6 is 0 Å². The van der Waals surface area contributed by atoms with Gasteiger partial charge in [-0.25, -0.2) is 0 Å². The summed E-state index contributed by atoms with van der Waals surface area (Å²) in [6.45, 7) is 0.0585. The van der Waals surface area contributed by atoms with Gasteiger partial charge in [-0.05, 0) is 12.8 Å². The van der Waals surface area contributed by atoms with Crippen molar-refractivity contribution in [3.8, 4) is 0 Å². The van der Waals surface area contributed by atoms with E-state index in [1.165, 1.54) is 0 Å². The number of rotatable bonds is 8. The molecule has 0 saturated carbocycles. The van der Waals surface area contributed by atoms with Crippen LogP contribution in [0.4, 0.5) is 0 Å². The number of aliphatic hydroxyl groups is 5. The molecule has 0 aromatic rings. The number of unbranched alkanes of at least 4 members (excludes halogenated alkanes) is 3. The van der Waals surface area contributed by atoms with E-state index in [0.29, 0.717) is 6.61 Å². The topological polar surface area (TPSA) is 120 Å². The zero-order valence-electron chi connectivity index (χ0n) is 10.9. The minimum atomic E-state index is -1.40. The lowest BCUT2D eigenvalue weighted by molar-refractivity contribution is -0.301. The Morgan fingerprint density at radius 1 is 0.842 bits per heavy atom. The minimum absolute atomic E-state index is 0.174. The third-order valence-corrected chi connectivity index (χ3v) is 3.18. The zero-order chi connectivity index (χ0) is 14.3. The fraction of sp³-hybridized carbons (Fsp3) is 1.00. The molecule has 5 N–H and O–H groups in total. The van der Waals surface area contributed by atoms with Crippen LogP contribution in [0.2, 0.25) is 0 Å². The van der Waals surface area contributed by atoms with Gasteiger partial charge in [0.1, 0.15) is 24.4 Å². The molecule has 0 aromatic heterocycles. The summed E-state index contributed by atoms with van der Waals surface area (Å²) < 4.78 is 10.5. The molecule has 1 saturated heterocycles. The molecule has 1 rings (SSSR count). The normalized spacial score (nSPS) is 35.5. The van der Waals surface area contributed by atoms with E-state index < -0.39 is 37.3 Å². The molecule has 7 heteroatoms. The zero-order valence-corrected chi connectivity index (χ0v) is 10.9. The molecule has 19 heavy (non-hydrogen) atoms. The first kappa shape index (κ1) is 16.8. The molecule has 5 atom stereocenters. The smallest absolute Gasteiger partial charge is 0.186 e. The molecule has 1 aliphatic rings. The Balaban J connectivity index is 2.28. The lowest BCUT2D eigenvalue weighted by atomic mass is 9.99. The van der Waals surface area contributed by atoms with Crippen molar-refractivity contribution in [3.05, 3.63) is 0 Å². The summed E-state index contributed by atoms with van der Waals surface area (Å²) in [7, 11) is 0. The number of hydrogen-bond acceptors (Lipinski definition) is 7. The highest BCUT2D eigenvalue weighted by Gasteiger charge is 2.43. The van der Waals surface area contributed by atoms with Crippen molar-refractivity contribution in [1.29, 1.82) is 0 Å².